The molecule has 0 aliphatic carbocycles. The monoisotopic (exact) mass is 434 g/mol. The Labute approximate surface area is 174 Å². The molecule has 0 atom stereocenters. The van der Waals surface area contributed by atoms with Crippen LogP contribution in [-0.2, 0) is 11.3 Å². The fourth-order valence-corrected chi connectivity index (χ4v) is 4.67. The van der Waals surface area contributed by atoms with Crippen molar-refractivity contribution in [3.8, 4) is 0 Å². The van der Waals surface area contributed by atoms with Crippen LogP contribution in [0.25, 0.3) is 15.7 Å². The average Bonchev–Trinajstić information content (AvgIpc) is 3.39. The minimum absolute atomic E-state index is 0.102. The molecule has 0 amide bonds. The lowest BCUT2D eigenvalue weighted by molar-refractivity contribution is 0.120. The van der Waals surface area contributed by atoms with E-state index in [2.05, 4.69) is 15.3 Å². The molecule has 1 fully saturated rings. The number of hydrogen-bond acceptors (Lipinski definition) is 8. The predicted octanol–water partition coefficient (Wildman–Crippen LogP) is 2.76. The predicted molar refractivity (Wildman–Crippen MR) is 110 cm³/mol. The zero-order valence-electron chi connectivity index (χ0n) is 16.0. The van der Waals surface area contributed by atoms with Gasteiger partial charge in [0.25, 0.3) is 5.56 Å². The summed E-state index contributed by atoms with van der Waals surface area (Å²) in [5, 5.41) is 12.8. The van der Waals surface area contributed by atoms with E-state index in [1.807, 2.05) is 35.3 Å². The molecule has 9 nitrogen and oxygen atoms in total. The normalized spacial score (nSPS) is 15.2. The van der Waals surface area contributed by atoms with Crippen molar-refractivity contribution >= 4 is 44.7 Å². The van der Waals surface area contributed by atoms with Crippen LogP contribution in [0.4, 0.5) is 6.01 Å². The first-order valence-corrected chi connectivity index (χ1v) is 10.6. The van der Waals surface area contributed by atoms with E-state index >= 15 is 0 Å². The second-order valence-corrected chi connectivity index (χ2v) is 8.93. The van der Waals surface area contributed by atoms with E-state index in [1.165, 1.54) is 16.0 Å². The molecule has 5 heterocycles. The highest BCUT2D eigenvalue weighted by molar-refractivity contribution is 7.22. The highest BCUT2D eigenvalue weighted by Gasteiger charge is 2.21. The van der Waals surface area contributed by atoms with Gasteiger partial charge in [0, 0.05) is 19.0 Å². The van der Waals surface area contributed by atoms with Crippen LogP contribution in [-0.4, -0.2) is 50.7 Å². The van der Waals surface area contributed by atoms with Gasteiger partial charge in [-0.3, -0.25) is 9.20 Å². The van der Waals surface area contributed by atoms with Gasteiger partial charge in [-0.15, -0.1) is 16.4 Å². The minimum Gasteiger partial charge on any atom is -0.406 e. The lowest BCUT2D eigenvalue weighted by atomic mass is 10.2. The van der Waals surface area contributed by atoms with Gasteiger partial charge >= 0.3 is 6.01 Å². The van der Waals surface area contributed by atoms with Gasteiger partial charge in [0.1, 0.15) is 17.9 Å². The third-order valence-electron chi connectivity index (χ3n) is 4.90. The molecule has 0 N–H and O–H groups in total. The van der Waals surface area contributed by atoms with E-state index < -0.39 is 0 Å². The Morgan fingerprint density at radius 2 is 2.00 bits per heavy atom. The zero-order chi connectivity index (χ0) is 20.1. The van der Waals surface area contributed by atoms with Crippen molar-refractivity contribution in [1.82, 2.24) is 24.4 Å². The van der Waals surface area contributed by atoms with Gasteiger partial charge in [-0.05, 0) is 12.1 Å². The van der Waals surface area contributed by atoms with Crippen molar-refractivity contribution in [3.63, 3.8) is 0 Å². The van der Waals surface area contributed by atoms with Crippen LogP contribution in [0.2, 0.25) is 4.34 Å². The van der Waals surface area contributed by atoms with Crippen molar-refractivity contribution in [1.29, 1.82) is 0 Å². The standard InChI is InChI=1S/C18H19ClN6O3S/c1-10(2)16-22-24(9-15-20-21-18(28-15)23-3-5-27-6-4-23)17(26)12-7-13-11(25(12)16)8-14(19)29-13/h7-8,10H,3-6,9H2,1-2H3. The number of nitrogens with zero attached hydrogens (tertiary/aromatic N) is 6. The lowest BCUT2D eigenvalue weighted by Crippen LogP contribution is -2.36. The van der Waals surface area contributed by atoms with E-state index in [-0.39, 0.29) is 18.0 Å². The maximum absolute atomic E-state index is 13.1. The van der Waals surface area contributed by atoms with E-state index in [9.17, 15) is 4.79 Å². The second-order valence-electron chi connectivity index (χ2n) is 7.22. The lowest BCUT2D eigenvalue weighted by Gasteiger charge is -2.24. The van der Waals surface area contributed by atoms with Crippen molar-refractivity contribution in [2.75, 3.05) is 31.2 Å². The molecule has 0 saturated carbocycles. The second kappa shape index (κ2) is 7.12. The smallest absolute Gasteiger partial charge is 0.318 e. The molecule has 29 heavy (non-hydrogen) atoms. The minimum atomic E-state index is -0.208. The first-order valence-electron chi connectivity index (χ1n) is 9.38. The Hall–Kier alpha value is -2.43. The Kier molecular flexibility index (Phi) is 4.56. The number of thiophene rings is 1. The molecule has 0 unspecified atom stereocenters. The molecule has 1 aliphatic rings. The Morgan fingerprint density at radius 1 is 1.21 bits per heavy atom. The highest BCUT2D eigenvalue weighted by Crippen LogP contribution is 2.32. The van der Waals surface area contributed by atoms with Gasteiger partial charge in [-0.1, -0.05) is 30.5 Å². The molecule has 11 heteroatoms. The third-order valence-corrected chi connectivity index (χ3v) is 6.11. The summed E-state index contributed by atoms with van der Waals surface area (Å²) in [5.74, 6) is 1.22. The SMILES string of the molecule is CC(C)c1nn(Cc2nnc(N3CCOCC3)o2)c(=O)c2cc3sc(Cl)cc3n12. The fourth-order valence-electron chi connectivity index (χ4n) is 3.51. The number of hydrogen-bond donors (Lipinski definition) is 0. The van der Waals surface area contributed by atoms with Crippen LogP contribution < -0.4 is 10.5 Å². The van der Waals surface area contributed by atoms with Gasteiger partial charge in [0.05, 0.1) is 27.8 Å². The molecule has 1 aliphatic heterocycles. The summed E-state index contributed by atoms with van der Waals surface area (Å²) in [7, 11) is 0. The van der Waals surface area contributed by atoms with Gasteiger partial charge < -0.3 is 14.1 Å². The highest BCUT2D eigenvalue weighted by atomic mass is 35.5. The summed E-state index contributed by atoms with van der Waals surface area (Å²) in [6.07, 6.45) is 0. The fraction of sp³-hybridized carbons (Fsp3) is 0.444. The molecular weight excluding hydrogens is 416 g/mol. The third kappa shape index (κ3) is 3.21. The van der Waals surface area contributed by atoms with E-state index in [1.54, 1.807) is 0 Å². The van der Waals surface area contributed by atoms with E-state index in [4.69, 9.17) is 20.8 Å². The molecule has 152 valence electrons. The molecule has 5 rings (SSSR count). The van der Waals surface area contributed by atoms with Gasteiger partial charge in [-0.25, -0.2) is 4.68 Å². The van der Waals surface area contributed by atoms with Crippen LogP contribution in [0, 0.1) is 0 Å². The molecule has 0 radical (unpaired) electrons. The topological polar surface area (TPSA) is 90.7 Å². The Morgan fingerprint density at radius 3 is 2.76 bits per heavy atom. The summed E-state index contributed by atoms with van der Waals surface area (Å²) in [6.45, 7) is 6.86. The first kappa shape index (κ1) is 18.6. The first-order chi connectivity index (χ1) is 14.0. The summed E-state index contributed by atoms with van der Waals surface area (Å²) in [6, 6.07) is 4.18. The molecule has 0 aromatic carbocycles. The number of ether oxygens (including phenoxy) is 1. The summed E-state index contributed by atoms with van der Waals surface area (Å²) in [4.78, 5) is 15.1. The average molecular weight is 435 g/mol. The van der Waals surface area contributed by atoms with Crippen LogP contribution in [0.15, 0.2) is 21.3 Å². The van der Waals surface area contributed by atoms with Gasteiger partial charge in [0.2, 0.25) is 5.89 Å². The van der Waals surface area contributed by atoms with Crippen molar-refractivity contribution in [3.05, 3.63) is 38.5 Å². The van der Waals surface area contributed by atoms with Crippen LogP contribution in [0.5, 0.6) is 0 Å². The van der Waals surface area contributed by atoms with Crippen LogP contribution in [0.3, 0.4) is 0 Å². The Bertz CT molecular complexity index is 1250. The summed E-state index contributed by atoms with van der Waals surface area (Å²) in [5.41, 5.74) is 1.26. The van der Waals surface area contributed by atoms with Crippen LogP contribution in [0.1, 0.15) is 31.5 Å². The Balaban J connectivity index is 1.56. The molecule has 1 saturated heterocycles. The number of aromatic nitrogens is 5. The summed E-state index contributed by atoms with van der Waals surface area (Å²) >= 11 is 7.61. The molecular formula is C18H19ClN6O3S. The molecule has 4 aromatic rings. The van der Waals surface area contributed by atoms with Gasteiger partial charge in [0.15, 0.2) is 0 Å². The largest absolute Gasteiger partial charge is 0.406 e. The number of fused-ring (bicyclic) bond motifs is 3. The van der Waals surface area contributed by atoms with E-state index in [0.29, 0.717) is 48.1 Å². The maximum atomic E-state index is 13.1. The van der Waals surface area contributed by atoms with Crippen molar-refractivity contribution in [2.45, 2.75) is 26.3 Å². The summed E-state index contributed by atoms with van der Waals surface area (Å²) < 4.78 is 16.1. The maximum Gasteiger partial charge on any atom is 0.318 e. The number of anilines is 1. The number of halogens is 1. The molecule has 4 aromatic heterocycles. The van der Waals surface area contributed by atoms with Crippen molar-refractivity contribution < 1.29 is 9.15 Å². The van der Waals surface area contributed by atoms with Crippen LogP contribution >= 0.6 is 22.9 Å². The zero-order valence-corrected chi connectivity index (χ0v) is 17.5. The number of morpholine rings is 1. The van der Waals surface area contributed by atoms with Crippen molar-refractivity contribution in [2.24, 2.45) is 0 Å². The van der Waals surface area contributed by atoms with Gasteiger partial charge in [-0.2, -0.15) is 5.10 Å². The van der Waals surface area contributed by atoms with E-state index in [0.717, 1.165) is 16.0 Å². The quantitative estimate of drug-likeness (QED) is 0.487. The number of rotatable bonds is 4. The molecule has 0 spiro atoms. The molecule has 0 bridgehead atoms.